The van der Waals surface area contributed by atoms with E-state index in [1.807, 2.05) is 6.92 Å². The number of carbonyl (C=O) groups excluding carboxylic acids is 2. The fourth-order valence-electron chi connectivity index (χ4n) is 1.87. The molecule has 0 aliphatic rings. The quantitative estimate of drug-likeness (QED) is 0.664. The lowest BCUT2D eigenvalue weighted by Crippen LogP contribution is -2.37. The predicted molar refractivity (Wildman–Crippen MR) is 85.9 cm³/mol. The second-order valence-electron chi connectivity index (χ2n) is 5.10. The minimum absolute atomic E-state index is 0.0325. The summed E-state index contributed by atoms with van der Waals surface area (Å²) in [4.78, 5) is 23.4. The minimum atomic E-state index is -4.46. The van der Waals surface area contributed by atoms with Crippen molar-refractivity contribution in [2.45, 2.75) is 32.0 Å². The van der Waals surface area contributed by atoms with Gasteiger partial charge in [0, 0.05) is 17.3 Å². The molecule has 1 atom stereocenters. The lowest BCUT2D eigenvalue weighted by molar-refractivity contribution is -0.123. The average molecular weight is 343 g/mol. The molecule has 0 saturated carbocycles. The Morgan fingerprint density at radius 2 is 1.88 bits per heavy atom. The lowest BCUT2D eigenvalue weighted by Gasteiger charge is -2.15. The first kappa shape index (κ1) is 19.5. The molecule has 24 heavy (non-hydrogen) atoms. The molecule has 1 aromatic carbocycles. The molecule has 1 aromatic rings. The second kappa shape index (κ2) is 8.95. The molecule has 0 fully saturated rings. The molecule has 0 unspecified atom stereocenters. The van der Waals surface area contributed by atoms with Gasteiger partial charge in [-0.25, -0.2) is 4.79 Å². The van der Waals surface area contributed by atoms with E-state index < -0.39 is 24.7 Å². The molecule has 0 saturated heterocycles. The van der Waals surface area contributed by atoms with Crippen molar-refractivity contribution in [2.75, 3.05) is 11.9 Å². The molecule has 5 nitrogen and oxygen atoms in total. The number of carbonyl (C=O) groups is 2. The van der Waals surface area contributed by atoms with Gasteiger partial charge in [0.15, 0.2) is 0 Å². The van der Waals surface area contributed by atoms with Crippen molar-refractivity contribution in [3.8, 4) is 0 Å². The molecule has 0 aliphatic carbocycles. The Labute approximate surface area is 138 Å². The van der Waals surface area contributed by atoms with E-state index in [1.165, 1.54) is 24.3 Å². The van der Waals surface area contributed by atoms with E-state index in [1.54, 1.807) is 11.4 Å². The zero-order chi connectivity index (χ0) is 18.2. The highest BCUT2D eigenvalue weighted by atomic mass is 19.4. The van der Waals surface area contributed by atoms with Crippen LogP contribution in [0.5, 0.6) is 0 Å². The van der Waals surface area contributed by atoms with Crippen LogP contribution in [0.15, 0.2) is 36.9 Å². The van der Waals surface area contributed by atoms with Crippen molar-refractivity contribution in [2.24, 2.45) is 0 Å². The molecular formula is C16H20F3N3O2. The van der Waals surface area contributed by atoms with Crippen LogP contribution in [-0.4, -0.2) is 30.7 Å². The summed E-state index contributed by atoms with van der Waals surface area (Å²) in [6.07, 6.45) is -1.36. The van der Waals surface area contributed by atoms with Gasteiger partial charge in [0.05, 0.1) is 0 Å². The predicted octanol–water partition coefficient (Wildman–Crippen LogP) is 3.45. The number of hydrogen-bond acceptors (Lipinski definition) is 2. The first-order chi connectivity index (χ1) is 11.2. The van der Waals surface area contributed by atoms with E-state index in [-0.39, 0.29) is 11.6 Å². The highest BCUT2D eigenvalue weighted by Gasteiger charge is 2.27. The number of benzene rings is 1. The van der Waals surface area contributed by atoms with Crippen LogP contribution in [0.25, 0.3) is 0 Å². The van der Waals surface area contributed by atoms with Crippen molar-refractivity contribution in [3.63, 3.8) is 0 Å². The molecule has 0 radical (unpaired) electrons. The van der Waals surface area contributed by atoms with Crippen molar-refractivity contribution in [1.29, 1.82) is 0 Å². The number of hydrogen-bond donors (Lipinski definition) is 3. The summed E-state index contributed by atoms with van der Waals surface area (Å²) in [6, 6.07) is 5.12. The maximum atomic E-state index is 12.1. The summed E-state index contributed by atoms with van der Waals surface area (Å²) in [5.74, 6) is -0.833. The van der Waals surface area contributed by atoms with Crippen molar-refractivity contribution in [3.05, 3.63) is 42.5 Å². The molecule has 3 N–H and O–H groups in total. The number of rotatable bonds is 7. The standard InChI is InChI=1S/C16H20F3N3O2/c1-3-5-12(4-2)21-15(24)22-13-8-6-11(7-9-13)14(23)20-10-16(17,18)19/h3,6-9,12H,1,4-5,10H2,2H3,(H,20,23)(H2,21,22,24)/t12-/m0/s1. The normalized spacial score (nSPS) is 12.2. The zero-order valence-electron chi connectivity index (χ0n) is 13.2. The van der Waals surface area contributed by atoms with E-state index in [0.717, 1.165) is 6.42 Å². The van der Waals surface area contributed by atoms with Crippen molar-refractivity contribution >= 4 is 17.6 Å². The smallest absolute Gasteiger partial charge is 0.343 e. The zero-order valence-corrected chi connectivity index (χ0v) is 13.2. The molecule has 0 spiro atoms. The monoisotopic (exact) mass is 343 g/mol. The summed E-state index contributed by atoms with van der Waals surface area (Å²) >= 11 is 0. The Hall–Kier alpha value is -2.51. The topological polar surface area (TPSA) is 70.2 Å². The Morgan fingerprint density at radius 3 is 2.38 bits per heavy atom. The Morgan fingerprint density at radius 1 is 1.25 bits per heavy atom. The number of anilines is 1. The fourth-order valence-corrected chi connectivity index (χ4v) is 1.87. The first-order valence-electron chi connectivity index (χ1n) is 7.38. The van der Waals surface area contributed by atoms with Gasteiger partial charge in [0.1, 0.15) is 6.54 Å². The minimum Gasteiger partial charge on any atom is -0.343 e. The Kier molecular flexibility index (Phi) is 7.29. The summed E-state index contributed by atoms with van der Waals surface area (Å²) < 4.78 is 36.2. The molecule has 0 heterocycles. The van der Waals surface area contributed by atoms with Gasteiger partial charge in [-0.3, -0.25) is 4.79 Å². The van der Waals surface area contributed by atoms with Crippen LogP contribution in [0.2, 0.25) is 0 Å². The van der Waals surface area contributed by atoms with Gasteiger partial charge in [-0.1, -0.05) is 13.0 Å². The van der Waals surface area contributed by atoms with Gasteiger partial charge in [-0.05, 0) is 37.1 Å². The number of nitrogens with one attached hydrogen (secondary N) is 3. The van der Waals surface area contributed by atoms with Crippen LogP contribution >= 0.6 is 0 Å². The summed E-state index contributed by atoms with van der Waals surface area (Å²) in [6.45, 7) is 4.16. The molecule has 3 amide bonds. The third-order valence-corrected chi connectivity index (χ3v) is 3.13. The van der Waals surface area contributed by atoms with Gasteiger partial charge >= 0.3 is 12.2 Å². The third kappa shape index (κ3) is 7.17. The van der Waals surface area contributed by atoms with Gasteiger partial charge in [-0.2, -0.15) is 13.2 Å². The largest absolute Gasteiger partial charge is 0.405 e. The van der Waals surface area contributed by atoms with Crippen molar-refractivity contribution in [1.82, 2.24) is 10.6 Å². The number of urea groups is 1. The first-order valence-corrected chi connectivity index (χ1v) is 7.38. The molecular weight excluding hydrogens is 323 g/mol. The van der Waals surface area contributed by atoms with Crippen LogP contribution in [0, 0.1) is 0 Å². The van der Waals surface area contributed by atoms with Crippen LogP contribution in [0.3, 0.4) is 0 Å². The van der Waals surface area contributed by atoms with Crippen LogP contribution in [0.4, 0.5) is 23.7 Å². The molecule has 8 heteroatoms. The second-order valence-corrected chi connectivity index (χ2v) is 5.10. The van der Waals surface area contributed by atoms with Crippen LogP contribution in [-0.2, 0) is 0 Å². The molecule has 0 aliphatic heterocycles. The summed E-state index contributed by atoms with van der Waals surface area (Å²) in [5.41, 5.74) is 0.497. The van der Waals surface area contributed by atoms with E-state index in [4.69, 9.17) is 0 Å². The SMILES string of the molecule is C=CC[C@H](CC)NC(=O)Nc1ccc(C(=O)NCC(F)(F)F)cc1. The lowest BCUT2D eigenvalue weighted by atomic mass is 10.1. The Bertz CT molecular complexity index is 571. The summed E-state index contributed by atoms with van der Waals surface area (Å²) in [7, 11) is 0. The highest BCUT2D eigenvalue weighted by Crippen LogP contribution is 2.14. The van der Waals surface area contributed by atoms with E-state index >= 15 is 0 Å². The maximum Gasteiger partial charge on any atom is 0.405 e. The maximum absolute atomic E-state index is 12.1. The molecule has 132 valence electrons. The van der Waals surface area contributed by atoms with Crippen molar-refractivity contribution < 1.29 is 22.8 Å². The van der Waals surface area contributed by atoms with Gasteiger partial charge < -0.3 is 16.0 Å². The van der Waals surface area contributed by atoms with Gasteiger partial charge in [-0.15, -0.1) is 6.58 Å². The third-order valence-electron chi connectivity index (χ3n) is 3.13. The molecule has 1 rings (SSSR count). The van der Waals surface area contributed by atoms with Crippen LogP contribution < -0.4 is 16.0 Å². The van der Waals surface area contributed by atoms with E-state index in [9.17, 15) is 22.8 Å². The van der Waals surface area contributed by atoms with Gasteiger partial charge in [0.25, 0.3) is 5.91 Å². The van der Waals surface area contributed by atoms with E-state index in [0.29, 0.717) is 12.1 Å². The number of amides is 3. The fraction of sp³-hybridized carbons (Fsp3) is 0.375. The highest BCUT2D eigenvalue weighted by molar-refractivity contribution is 5.95. The molecule has 0 bridgehead atoms. The van der Waals surface area contributed by atoms with Crippen LogP contribution in [0.1, 0.15) is 30.1 Å². The Balaban J connectivity index is 2.56. The summed E-state index contributed by atoms with van der Waals surface area (Å²) in [5, 5.41) is 7.13. The molecule has 0 aromatic heterocycles. The van der Waals surface area contributed by atoms with E-state index in [2.05, 4.69) is 17.2 Å². The average Bonchev–Trinajstić information content (AvgIpc) is 2.52. The number of alkyl halides is 3. The van der Waals surface area contributed by atoms with Gasteiger partial charge in [0.2, 0.25) is 0 Å². The number of halogens is 3.